The maximum Gasteiger partial charge on any atom is 0.191 e. The van der Waals surface area contributed by atoms with Gasteiger partial charge in [0, 0.05) is 8.80 Å². The minimum atomic E-state index is -0.536. The predicted octanol–water partition coefficient (Wildman–Crippen LogP) is 8.63. The van der Waals surface area contributed by atoms with E-state index in [4.69, 9.17) is 4.74 Å². The zero-order valence-corrected chi connectivity index (χ0v) is 21.3. The second-order valence-corrected chi connectivity index (χ2v) is 13.9. The highest BCUT2D eigenvalue weighted by atomic mass is 28.3. The van der Waals surface area contributed by atoms with Crippen molar-refractivity contribution in [3.8, 4) is 5.75 Å². The first kappa shape index (κ1) is 24.7. The van der Waals surface area contributed by atoms with Crippen LogP contribution in [0.1, 0.15) is 103 Å². The van der Waals surface area contributed by atoms with Gasteiger partial charge in [0.05, 0.1) is 6.10 Å². The topological polar surface area (TPSA) is 9.23 Å². The molecule has 0 radical (unpaired) electrons. The van der Waals surface area contributed by atoms with E-state index in [1.807, 2.05) is 13.8 Å². The van der Waals surface area contributed by atoms with E-state index < -0.39 is 20.4 Å². The minimum Gasteiger partial charge on any atom is -0.485 e. The van der Waals surface area contributed by atoms with Gasteiger partial charge in [-0.1, -0.05) is 70.5 Å². The van der Waals surface area contributed by atoms with Crippen molar-refractivity contribution in [1.82, 2.24) is 0 Å². The Kier molecular flexibility index (Phi) is 9.87. The van der Waals surface area contributed by atoms with E-state index in [0.717, 1.165) is 43.1 Å². The van der Waals surface area contributed by atoms with E-state index in [9.17, 15) is 8.78 Å². The van der Waals surface area contributed by atoms with Crippen LogP contribution in [0.3, 0.4) is 0 Å². The standard InChI is InChI=1S/C27H44F2OSi/c1-4-6-7-15-31-16-13-23(14-17-31)21-9-11-22(12-10-21)24-18-25(28)27(26(29)19-24)30-20(3)8-5-2/h18-23,31H,4-17H2,1-3H3/t20-,21-,22-,23-,31-/m1/s1. The van der Waals surface area contributed by atoms with Crippen LogP contribution in [0.25, 0.3) is 0 Å². The molecule has 0 spiro atoms. The van der Waals surface area contributed by atoms with Gasteiger partial charge in [-0.15, -0.1) is 0 Å². The first-order valence-corrected chi connectivity index (χ1v) is 15.6. The molecule has 4 heteroatoms. The molecule has 1 aromatic carbocycles. The second kappa shape index (κ2) is 12.4. The van der Waals surface area contributed by atoms with E-state index in [0.29, 0.717) is 5.92 Å². The molecule has 0 amide bonds. The lowest BCUT2D eigenvalue weighted by molar-refractivity contribution is 0.190. The van der Waals surface area contributed by atoms with Crippen molar-refractivity contribution >= 4 is 8.80 Å². The normalized spacial score (nSPS) is 27.8. The van der Waals surface area contributed by atoms with Crippen LogP contribution in [0.2, 0.25) is 18.1 Å². The summed E-state index contributed by atoms with van der Waals surface area (Å²) in [5.41, 5.74) is 0.830. The molecule has 1 aromatic rings. The third-order valence-corrected chi connectivity index (χ3v) is 11.6. The average molecular weight is 451 g/mol. The van der Waals surface area contributed by atoms with Crippen molar-refractivity contribution in [2.24, 2.45) is 11.8 Å². The molecule has 0 aromatic heterocycles. The van der Waals surface area contributed by atoms with Crippen molar-refractivity contribution in [1.29, 1.82) is 0 Å². The van der Waals surface area contributed by atoms with Crippen molar-refractivity contribution in [2.45, 2.75) is 122 Å². The summed E-state index contributed by atoms with van der Waals surface area (Å²) in [6.07, 6.45) is 13.3. The number of hydrogen-bond donors (Lipinski definition) is 0. The van der Waals surface area contributed by atoms with Crippen LogP contribution in [-0.2, 0) is 0 Å². The van der Waals surface area contributed by atoms with Gasteiger partial charge in [0.1, 0.15) is 0 Å². The fraction of sp³-hybridized carbons (Fsp3) is 0.778. The number of ether oxygens (including phenoxy) is 1. The van der Waals surface area contributed by atoms with Crippen LogP contribution in [0.5, 0.6) is 5.75 Å². The van der Waals surface area contributed by atoms with Gasteiger partial charge >= 0.3 is 0 Å². The Labute approximate surface area is 191 Å². The van der Waals surface area contributed by atoms with Gasteiger partial charge in [-0.05, 0) is 74.5 Å². The summed E-state index contributed by atoms with van der Waals surface area (Å²) in [6, 6.07) is 7.76. The van der Waals surface area contributed by atoms with Crippen LogP contribution in [0.4, 0.5) is 8.78 Å². The van der Waals surface area contributed by atoms with Gasteiger partial charge in [0.2, 0.25) is 0 Å². The van der Waals surface area contributed by atoms with E-state index in [2.05, 4.69) is 6.92 Å². The van der Waals surface area contributed by atoms with Gasteiger partial charge in [0.15, 0.2) is 17.4 Å². The molecule has 176 valence electrons. The number of hydrogen-bond acceptors (Lipinski definition) is 1. The lowest BCUT2D eigenvalue weighted by atomic mass is 9.72. The van der Waals surface area contributed by atoms with Crippen molar-refractivity contribution in [3.63, 3.8) is 0 Å². The summed E-state index contributed by atoms with van der Waals surface area (Å²) in [7, 11) is -0.439. The first-order valence-electron chi connectivity index (χ1n) is 13.2. The van der Waals surface area contributed by atoms with Gasteiger partial charge in [-0.2, -0.15) is 0 Å². The molecule has 1 nitrogen and oxygen atoms in total. The summed E-state index contributed by atoms with van der Waals surface area (Å²) in [4.78, 5) is 0. The summed E-state index contributed by atoms with van der Waals surface area (Å²) < 4.78 is 34.8. The largest absolute Gasteiger partial charge is 0.485 e. The van der Waals surface area contributed by atoms with Crippen molar-refractivity contribution in [2.75, 3.05) is 0 Å². The quantitative estimate of drug-likeness (QED) is 0.256. The van der Waals surface area contributed by atoms with Crippen molar-refractivity contribution < 1.29 is 13.5 Å². The Bertz CT molecular complexity index is 640. The summed E-state index contributed by atoms with van der Waals surface area (Å²) in [6.45, 7) is 6.22. The highest BCUT2D eigenvalue weighted by molar-refractivity contribution is 6.58. The number of unbranched alkanes of at least 4 members (excludes halogenated alkanes) is 2. The highest BCUT2D eigenvalue weighted by Gasteiger charge is 2.32. The number of halogens is 2. The molecular formula is C27H44F2OSi. The van der Waals surface area contributed by atoms with Gasteiger partial charge in [0.25, 0.3) is 0 Å². The van der Waals surface area contributed by atoms with Crippen LogP contribution in [0.15, 0.2) is 12.1 Å². The molecule has 31 heavy (non-hydrogen) atoms. The molecule has 2 aliphatic rings. The SMILES string of the molecule is CCCCC[Si@H]1CC[C@H]([C@H]2CC[C@H](c3cc(F)c(O[C@H](C)CCC)c(F)c3)CC2)CC1. The summed E-state index contributed by atoms with van der Waals surface area (Å²) >= 11 is 0. The van der Waals surface area contributed by atoms with Crippen LogP contribution in [0, 0.1) is 23.5 Å². The van der Waals surface area contributed by atoms with Crippen LogP contribution >= 0.6 is 0 Å². The minimum absolute atomic E-state index is 0.167. The van der Waals surface area contributed by atoms with E-state index in [1.54, 1.807) is 18.1 Å². The Balaban J connectivity index is 1.48. The fourth-order valence-electron chi connectivity index (χ4n) is 6.15. The Morgan fingerprint density at radius 3 is 2.10 bits per heavy atom. The molecule has 1 atom stereocenters. The fourth-order valence-corrected chi connectivity index (χ4v) is 9.68. The average Bonchev–Trinajstić information content (AvgIpc) is 2.77. The number of rotatable bonds is 10. The van der Waals surface area contributed by atoms with Gasteiger partial charge in [-0.3, -0.25) is 0 Å². The Morgan fingerprint density at radius 1 is 0.903 bits per heavy atom. The maximum absolute atomic E-state index is 14.6. The molecular weight excluding hydrogens is 406 g/mol. The molecule has 1 heterocycles. The first-order chi connectivity index (χ1) is 15.0. The highest BCUT2D eigenvalue weighted by Crippen LogP contribution is 2.44. The monoisotopic (exact) mass is 450 g/mol. The molecule has 1 saturated carbocycles. The van der Waals surface area contributed by atoms with Crippen molar-refractivity contribution in [3.05, 3.63) is 29.3 Å². The molecule has 1 aliphatic carbocycles. The lowest BCUT2D eigenvalue weighted by Crippen LogP contribution is -2.28. The molecule has 1 aliphatic heterocycles. The molecule has 0 N–H and O–H groups in total. The van der Waals surface area contributed by atoms with Gasteiger partial charge in [-0.25, -0.2) is 8.78 Å². The smallest absolute Gasteiger partial charge is 0.191 e. The molecule has 0 bridgehead atoms. The second-order valence-electron chi connectivity index (χ2n) is 10.4. The van der Waals surface area contributed by atoms with E-state index >= 15 is 0 Å². The third-order valence-electron chi connectivity index (χ3n) is 8.05. The molecule has 2 fully saturated rings. The van der Waals surface area contributed by atoms with Crippen LogP contribution in [-0.4, -0.2) is 14.9 Å². The molecule has 3 rings (SSSR count). The predicted molar refractivity (Wildman–Crippen MR) is 130 cm³/mol. The summed E-state index contributed by atoms with van der Waals surface area (Å²) in [5, 5.41) is 0. The maximum atomic E-state index is 14.6. The Hall–Kier alpha value is -0.903. The van der Waals surface area contributed by atoms with E-state index in [-0.39, 0.29) is 11.9 Å². The van der Waals surface area contributed by atoms with Gasteiger partial charge < -0.3 is 4.74 Å². The summed E-state index contributed by atoms with van der Waals surface area (Å²) in [5.74, 6) is 0.785. The lowest BCUT2D eigenvalue weighted by Gasteiger charge is -2.37. The molecule has 0 unspecified atom stereocenters. The third kappa shape index (κ3) is 7.04. The zero-order valence-electron chi connectivity index (χ0n) is 20.1. The zero-order chi connectivity index (χ0) is 22.2. The van der Waals surface area contributed by atoms with E-state index in [1.165, 1.54) is 57.1 Å². The van der Waals surface area contributed by atoms with Crippen LogP contribution < -0.4 is 4.74 Å². The number of benzene rings is 1. The Morgan fingerprint density at radius 2 is 1.52 bits per heavy atom. The molecule has 1 saturated heterocycles.